The predicted octanol–water partition coefficient (Wildman–Crippen LogP) is 6.33. The van der Waals surface area contributed by atoms with Gasteiger partial charge in [0.05, 0.1) is 7.11 Å². The summed E-state index contributed by atoms with van der Waals surface area (Å²) in [5.74, 6) is 1.48. The third-order valence-electron chi connectivity index (χ3n) is 4.91. The predicted molar refractivity (Wildman–Crippen MR) is 119 cm³/mol. The summed E-state index contributed by atoms with van der Waals surface area (Å²) < 4.78 is 11.4. The largest absolute Gasteiger partial charge is 0.493 e. The zero-order valence-corrected chi connectivity index (χ0v) is 18.0. The maximum atomic E-state index is 6.19. The molecule has 0 bridgehead atoms. The molecular weight excluding hydrogens is 393 g/mol. The first-order chi connectivity index (χ1) is 13.3. The van der Waals surface area contributed by atoms with Crippen LogP contribution in [0.2, 0.25) is 5.02 Å². The Bertz CT molecular complexity index is 777. The van der Waals surface area contributed by atoms with Crippen molar-refractivity contribution in [2.45, 2.75) is 45.3 Å². The highest BCUT2D eigenvalue weighted by Gasteiger charge is 2.08. The van der Waals surface area contributed by atoms with E-state index >= 15 is 0 Å². The molecule has 152 valence electrons. The van der Waals surface area contributed by atoms with Crippen LogP contribution >= 0.6 is 24.0 Å². The fourth-order valence-electron chi connectivity index (χ4n) is 3.33. The topological polar surface area (TPSA) is 30.5 Å². The van der Waals surface area contributed by atoms with Crippen LogP contribution in [0.5, 0.6) is 11.5 Å². The molecule has 0 saturated heterocycles. The average molecular weight is 422 g/mol. The number of hydrogen-bond acceptors (Lipinski definition) is 3. The van der Waals surface area contributed by atoms with Gasteiger partial charge in [-0.3, -0.25) is 0 Å². The van der Waals surface area contributed by atoms with E-state index in [1.807, 2.05) is 36.4 Å². The Kier molecular flexibility index (Phi) is 9.69. The van der Waals surface area contributed by atoms with Crippen LogP contribution in [0.3, 0.4) is 0 Å². The first-order valence-electron chi connectivity index (χ1n) is 9.68. The Morgan fingerprint density at radius 3 is 2.68 bits per heavy atom. The molecule has 2 aromatic rings. The zero-order chi connectivity index (χ0) is 18.9. The minimum atomic E-state index is 0. The van der Waals surface area contributed by atoms with Crippen molar-refractivity contribution in [2.75, 3.05) is 13.7 Å². The molecule has 0 saturated carbocycles. The van der Waals surface area contributed by atoms with E-state index in [2.05, 4.69) is 17.5 Å². The van der Waals surface area contributed by atoms with Gasteiger partial charge in [0.15, 0.2) is 11.5 Å². The summed E-state index contributed by atoms with van der Waals surface area (Å²) in [6, 6.07) is 13.8. The molecule has 2 aromatic carbocycles. The fraction of sp³-hybridized carbons (Fsp3) is 0.391. The number of nitrogens with one attached hydrogen (secondary N) is 1. The van der Waals surface area contributed by atoms with Gasteiger partial charge < -0.3 is 14.8 Å². The van der Waals surface area contributed by atoms with Crippen molar-refractivity contribution in [3.05, 3.63) is 70.3 Å². The normalized spacial score (nSPS) is 13.4. The molecule has 1 N–H and O–H groups in total. The highest BCUT2D eigenvalue weighted by Crippen LogP contribution is 2.29. The quantitative estimate of drug-likeness (QED) is 0.378. The van der Waals surface area contributed by atoms with Crippen molar-refractivity contribution in [1.82, 2.24) is 5.32 Å². The Labute approximate surface area is 179 Å². The van der Waals surface area contributed by atoms with Gasteiger partial charge in [-0.1, -0.05) is 47.5 Å². The van der Waals surface area contributed by atoms with E-state index in [0.29, 0.717) is 11.6 Å². The first kappa shape index (κ1) is 22.6. The molecule has 0 atom stereocenters. The Morgan fingerprint density at radius 2 is 1.93 bits per heavy atom. The molecular formula is C23H29Cl2NO2. The summed E-state index contributed by atoms with van der Waals surface area (Å²) in [5, 5.41) is 4.24. The molecule has 0 amide bonds. The molecule has 0 fully saturated rings. The van der Waals surface area contributed by atoms with Crippen LogP contribution < -0.4 is 14.8 Å². The SMILES string of the molecule is COc1cc(CNCCC2=CCCCC2)ccc1OCc1ccccc1Cl.Cl. The summed E-state index contributed by atoms with van der Waals surface area (Å²) >= 11 is 6.19. The van der Waals surface area contributed by atoms with E-state index in [1.165, 1.54) is 31.2 Å². The third kappa shape index (κ3) is 6.73. The molecule has 0 unspecified atom stereocenters. The van der Waals surface area contributed by atoms with E-state index in [-0.39, 0.29) is 12.4 Å². The number of methoxy groups -OCH3 is 1. The van der Waals surface area contributed by atoms with Gasteiger partial charge in [-0.05, 0) is 62.4 Å². The summed E-state index contributed by atoms with van der Waals surface area (Å²) in [6.07, 6.45) is 8.78. The minimum absolute atomic E-state index is 0. The number of allylic oxidation sites excluding steroid dienone is 1. The van der Waals surface area contributed by atoms with Crippen molar-refractivity contribution in [2.24, 2.45) is 0 Å². The van der Waals surface area contributed by atoms with Gasteiger partial charge in [0, 0.05) is 17.1 Å². The van der Waals surface area contributed by atoms with Crippen molar-refractivity contribution in [3.63, 3.8) is 0 Å². The second-order valence-corrected chi connectivity index (χ2v) is 7.31. The second-order valence-electron chi connectivity index (χ2n) is 6.90. The zero-order valence-electron chi connectivity index (χ0n) is 16.4. The molecule has 1 aliphatic rings. The lowest BCUT2D eigenvalue weighted by Crippen LogP contribution is -2.15. The molecule has 3 nitrogen and oxygen atoms in total. The first-order valence-corrected chi connectivity index (χ1v) is 10.1. The van der Waals surface area contributed by atoms with Crippen LogP contribution in [0.4, 0.5) is 0 Å². The van der Waals surface area contributed by atoms with Crippen molar-refractivity contribution < 1.29 is 9.47 Å². The van der Waals surface area contributed by atoms with Crippen molar-refractivity contribution in [1.29, 1.82) is 0 Å². The highest BCUT2D eigenvalue weighted by molar-refractivity contribution is 6.31. The van der Waals surface area contributed by atoms with E-state index in [0.717, 1.165) is 36.6 Å². The van der Waals surface area contributed by atoms with Gasteiger partial charge in [-0.2, -0.15) is 0 Å². The van der Waals surface area contributed by atoms with Crippen LogP contribution in [0, 0.1) is 0 Å². The minimum Gasteiger partial charge on any atom is -0.493 e. The van der Waals surface area contributed by atoms with E-state index in [1.54, 1.807) is 12.7 Å². The molecule has 1 aliphatic carbocycles. The summed E-state index contributed by atoms with van der Waals surface area (Å²) in [4.78, 5) is 0. The molecule has 5 heteroatoms. The van der Waals surface area contributed by atoms with Gasteiger partial charge in [0.2, 0.25) is 0 Å². The second kappa shape index (κ2) is 12.0. The van der Waals surface area contributed by atoms with Crippen LogP contribution in [-0.4, -0.2) is 13.7 Å². The summed E-state index contributed by atoms with van der Waals surface area (Å²) in [5.41, 5.74) is 3.76. The number of halogens is 2. The molecule has 0 aliphatic heterocycles. The maximum Gasteiger partial charge on any atom is 0.161 e. The Morgan fingerprint density at radius 1 is 1.07 bits per heavy atom. The lowest BCUT2D eigenvalue weighted by molar-refractivity contribution is 0.284. The van der Waals surface area contributed by atoms with Crippen molar-refractivity contribution in [3.8, 4) is 11.5 Å². The van der Waals surface area contributed by atoms with Crippen LogP contribution in [0.15, 0.2) is 54.1 Å². The summed E-state index contributed by atoms with van der Waals surface area (Å²) in [7, 11) is 1.67. The van der Waals surface area contributed by atoms with Crippen LogP contribution in [-0.2, 0) is 13.2 Å². The fourth-order valence-corrected chi connectivity index (χ4v) is 3.52. The van der Waals surface area contributed by atoms with Gasteiger partial charge >= 0.3 is 0 Å². The number of hydrogen-bond donors (Lipinski definition) is 1. The average Bonchev–Trinajstić information content (AvgIpc) is 2.72. The number of rotatable bonds is 9. The highest BCUT2D eigenvalue weighted by atomic mass is 35.5. The lowest BCUT2D eigenvalue weighted by atomic mass is 9.97. The maximum absolute atomic E-state index is 6.19. The number of ether oxygens (including phenoxy) is 2. The monoisotopic (exact) mass is 421 g/mol. The van der Waals surface area contributed by atoms with Gasteiger partial charge in [0.1, 0.15) is 6.61 Å². The van der Waals surface area contributed by atoms with Crippen LogP contribution in [0.1, 0.15) is 43.2 Å². The van der Waals surface area contributed by atoms with Crippen LogP contribution in [0.25, 0.3) is 0 Å². The standard InChI is InChI=1S/C23H28ClNO2.ClH/c1-26-23-15-19(16-25-14-13-18-7-3-2-4-8-18)11-12-22(23)27-17-20-9-5-6-10-21(20)24;/h5-7,9-12,15,25H,2-4,8,13-14,16-17H2,1H3;1H. The van der Waals surface area contributed by atoms with Gasteiger partial charge in [-0.15, -0.1) is 12.4 Å². The molecule has 28 heavy (non-hydrogen) atoms. The third-order valence-corrected chi connectivity index (χ3v) is 5.27. The molecule has 0 aromatic heterocycles. The number of benzene rings is 2. The van der Waals surface area contributed by atoms with E-state index in [4.69, 9.17) is 21.1 Å². The lowest BCUT2D eigenvalue weighted by Gasteiger charge is -2.14. The molecule has 3 rings (SSSR count). The molecule has 0 spiro atoms. The molecule has 0 heterocycles. The van der Waals surface area contributed by atoms with Crippen molar-refractivity contribution >= 4 is 24.0 Å². The Balaban J connectivity index is 0.00000280. The van der Waals surface area contributed by atoms with E-state index < -0.39 is 0 Å². The Hall–Kier alpha value is -1.68. The van der Waals surface area contributed by atoms with E-state index in [9.17, 15) is 0 Å². The molecule has 0 radical (unpaired) electrons. The van der Waals surface area contributed by atoms with Gasteiger partial charge in [-0.25, -0.2) is 0 Å². The van der Waals surface area contributed by atoms with Gasteiger partial charge in [0.25, 0.3) is 0 Å². The smallest absolute Gasteiger partial charge is 0.161 e. The summed E-state index contributed by atoms with van der Waals surface area (Å²) in [6.45, 7) is 2.26.